The zero-order valence-electron chi connectivity index (χ0n) is 12.3. The fraction of sp³-hybridized carbons (Fsp3) is 0.692. The molecular formula is C13H22N6OS. The number of anilines is 2. The van der Waals surface area contributed by atoms with Crippen molar-refractivity contribution in [2.24, 2.45) is 5.73 Å². The summed E-state index contributed by atoms with van der Waals surface area (Å²) < 4.78 is 0. The predicted octanol–water partition coefficient (Wildman–Crippen LogP) is -0.350. The van der Waals surface area contributed by atoms with Gasteiger partial charge in [0.05, 0.1) is 0 Å². The van der Waals surface area contributed by atoms with Crippen molar-refractivity contribution < 1.29 is 4.79 Å². The van der Waals surface area contributed by atoms with Crippen molar-refractivity contribution >= 4 is 28.2 Å². The summed E-state index contributed by atoms with van der Waals surface area (Å²) in [7, 11) is 2.11. The molecule has 1 unspecified atom stereocenters. The minimum Gasteiger partial charge on any atom is -0.382 e. The van der Waals surface area contributed by atoms with Crippen LogP contribution in [0.5, 0.6) is 0 Å². The van der Waals surface area contributed by atoms with Crippen LogP contribution in [0.3, 0.4) is 0 Å². The molecule has 1 aromatic heterocycles. The first-order chi connectivity index (χ1) is 10.0. The summed E-state index contributed by atoms with van der Waals surface area (Å²) >= 11 is 1.40. The van der Waals surface area contributed by atoms with Gasteiger partial charge in [0.1, 0.15) is 10.7 Å². The van der Waals surface area contributed by atoms with E-state index in [0.29, 0.717) is 23.8 Å². The molecule has 0 radical (unpaired) electrons. The summed E-state index contributed by atoms with van der Waals surface area (Å²) in [6.45, 7) is 5.17. The fourth-order valence-corrected chi connectivity index (χ4v) is 3.73. The van der Waals surface area contributed by atoms with Crippen molar-refractivity contribution in [3.63, 3.8) is 0 Å². The van der Waals surface area contributed by atoms with Crippen molar-refractivity contribution in [3.8, 4) is 0 Å². The molecule has 4 N–H and O–H groups in total. The Balaban J connectivity index is 1.73. The molecule has 2 aliphatic heterocycles. The molecule has 7 nitrogen and oxygen atoms in total. The van der Waals surface area contributed by atoms with Gasteiger partial charge in [-0.25, -0.2) is 4.98 Å². The Bertz CT molecular complexity index is 525. The lowest BCUT2D eigenvalue weighted by atomic mass is 10.3. The molecule has 1 atom stereocenters. The summed E-state index contributed by atoms with van der Waals surface area (Å²) in [5, 5.41) is 0.854. The van der Waals surface area contributed by atoms with E-state index in [0.717, 1.165) is 37.7 Å². The largest absolute Gasteiger partial charge is 0.382 e. The number of carbonyl (C=O) groups is 1. The number of amides is 1. The first-order valence-corrected chi connectivity index (χ1v) is 8.11. The Morgan fingerprint density at radius 1 is 1.29 bits per heavy atom. The number of carbonyl (C=O) groups excluding carboxylic acids is 1. The van der Waals surface area contributed by atoms with Crippen LogP contribution >= 0.6 is 11.3 Å². The Morgan fingerprint density at radius 2 is 2.00 bits per heavy atom. The van der Waals surface area contributed by atoms with Crippen LogP contribution < -0.4 is 16.4 Å². The van der Waals surface area contributed by atoms with Crippen molar-refractivity contribution in [2.45, 2.75) is 12.5 Å². The Morgan fingerprint density at radius 3 is 2.62 bits per heavy atom. The number of thiazole rings is 1. The number of hydrogen-bond acceptors (Lipinski definition) is 7. The molecule has 2 fully saturated rings. The van der Waals surface area contributed by atoms with Gasteiger partial charge in [0.2, 0.25) is 0 Å². The normalized spacial score (nSPS) is 23.8. The molecule has 2 saturated heterocycles. The van der Waals surface area contributed by atoms with E-state index in [1.807, 2.05) is 0 Å². The molecule has 0 spiro atoms. The molecule has 3 heterocycles. The van der Waals surface area contributed by atoms with Gasteiger partial charge in [-0.15, -0.1) is 0 Å². The van der Waals surface area contributed by atoms with Crippen LogP contribution in [0.4, 0.5) is 10.9 Å². The van der Waals surface area contributed by atoms with Crippen LogP contribution in [0.25, 0.3) is 0 Å². The number of piperazine rings is 1. The fourth-order valence-electron chi connectivity index (χ4n) is 2.72. The predicted molar refractivity (Wildman–Crippen MR) is 84.7 cm³/mol. The third-order valence-electron chi connectivity index (χ3n) is 4.12. The van der Waals surface area contributed by atoms with Gasteiger partial charge in [-0.3, -0.25) is 4.79 Å². The Hall–Kier alpha value is -1.38. The van der Waals surface area contributed by atoms with Gasteiger partial charge >= 0.3 is 0 Å². The highest BCUT2D eigenvalue weighted by Crippen LogP contribution is 2.30. The lowest BCUT2D eigenvalue weighted by Crippen LogP contribution is -2.44. The standard InChI is InChI=1S/C13H22N6OS/c1-17-4-6-18(7-5-17)13-16-11(15)10(21-13)12(20)19-3-2-9(14)8-19/h9H,2-8,14-15H2,1H3. The molecule has 0 bridgehead atoms. The van der Waals surface area contributed by atoms with E-state index in [-0.39, 0.29) is 11.9 Å². The van der Waals surface area contributed by atoms with Gasteiger partial charge in [-0.2, -0.15) is 0 Å². The molecular weight excluding hydrogens is 288 g/mol. The van der Waals surface area contributed by atoms with Crippen molar-refractivity contribution in [1.82, 2.24) is 14.8 Å². The highest BCUT2D eigenvalue weighted by atomic mass is 32.1. The maximum Gasteiger partial charge on any atom is 0.267 e. The first kappa shape index (κ1) is 14.6. The number of nitrogens with two attached hydrogens (primary N) is 2. The van der Waals surface area contributed by atoms with Crippen molar-refractivity contribution in [3.05, 3.63) is 4.88 Å². The summed E-state index contributed by atoms with van der Waals surface area (Å²) in [4.78, 5) is 23.7. The van der Waals surface area contributed by atoms with E-state index in [4.69, 9.17) is 11.5 Å². The van der Waals surface area contributed by atoms with E-state index in [9.17, 15) is 4.79 Å². The molecule has 1 aromatic rings. The second kappa shape index (κ2) is 5.78. The maximum absolute atomic E-state index is 12.5. The van der Waals surface area contributed by atoms with Crippen molar-refractivity contribution in [1.29, 1.82) is 0 Å². The highest BCUT2D eigenvalue weighted by molar-refractivity contribution is 7.18. The zero-order valence-corrected chi connectivity index (χ0v) is 13.1. The third-order valence-corrected chi connectivity index (χ3v) is 5.24. The number of aromatic nitrogens is 1. The van der Waals surface area contributed by atoms with Crippen LogP contribution in [0.2, 0.25) is 0 Å². The quantitative estimate of drug-likeness (QED) is 0.776. The van der Waals surface area contributed by atoms with E-state index in [1.165, 1.54) is 11.3 Å². The van der Waals surface area contributed by atoms with Gasteiger partial charge in [0, 0.05) is 45.3 Å². The molecule has 0 saturated carbocycles. The summed E-state index contributed by atoms with van der Waals surface area (Å²) in [5.41, 5.74) is 11.8. The molecule has 2 aliphatic rings. The van der Waals surface area contributed by atoms with Crippen molar-refractivity contribution in [2.75, 3.05) is 56.9 Å². The first-order valence-electron chi connectivity index (χ1n) is 7.29. The second-order valence-corrected chi connectivity index (χ2v) is 6.78. The number of likely N-dealkylation sites (tertiary alicyclic amines) is 1. The van der Waals surface area contributed by atoms with Gasteiger partial charge < -0.3 is 26.2 Å². The van der Waals surface area contributed by atoms with Crippen LogP contribution in [0.1, 0.15) is 16.1 Å². The summed E-state index contributed by atoms with van der Waals surface area (Å²) in [5.74, 6) is 0.317. The zero-order chi connectivity index (χ0) is 15.0. The van der Waals surface area contributed by atoms with Gasteiger partial charge in [-0.1, -0.05) is 11.3 Å². The Kier molecular flexibility index (Phi) is 4.01. The van der Waals surface area contributed by atoms with Gasteiger partial charge in [0.25, 0.3) is 5.91 Å². The average Bonchev–Trinajstić information content (AvgIpc) is 3.05. The topological polar surface area (TPSA) is 91.7 Å². The average molecular weight is 310 g/mol. The van der Waals surface area contributed by atoms with E-state index in [2.05, 4.69) is 21.8 Å². The number of likely N-dealkylation sites (N-methyl/N-ethyl adjacent to an activating group) is 1. The van der Waals surface area contributed by atoms with Crippen LogP contribution in [0.15, 0.2) is 0 Å². The van der Waals surface area contributed by atoms with Crippen LogP contribution in [-0.2, 0) is 0 Å². The van der Waals surface area contributed by atoms with E-state index < -0.39 is 0 Å². The number of rotatable bonds is 2. The molecule has 1 amide bonds. The number of nitrogen functional groups attached to an aromatic ring is 1. The number of nitrogens with zero attached hydrogens (tertiary/aromatic N) is 4. The summed E-state index contributed by atoms with van der Waals surface area (Å²) in [6.07, 6.45) is 0.857. The maximum atomic E-state index is 12.5. The smallest absolute Gasteiger partial charge is 0.267 e. The minimum absolute atomic E-state index is 0.0293. The van der Waals surface area contributed by atoms with E-state index >= 15 is 0 Å². The highest BCUT2D eigenvalue weighted by Gasteiger charge is 2.29. The van der Waals surface area contributed by atoms with E-state index in [1.54, 1.807) is 4.90 Å². The minimum atomic E-state index is -0.0293. The molecule has 116 valence electrons. The number of hydrogen-bond donors (Lipinski definition) is 2. The molecule has 3 rings (SSSR count). The molecule has 21 heavy (non-hydrogen) atoms. The van der Waals surface area contributed by atoms with Gasteiger partial charge in [0.15, 0.2) is 5.13 Å². The monoisotopic (exact) mass is 310 g/mol. The third kappa shape index (κ3) is 2.97. The van der Waals surface area contributed by atoms with Crippen LogP contribution in [-0.4, -0.2) is 73.0 Å². The second-order valence-electron chi connectivity index (χ2n) is 5.80. The molecule has 0 aliphatic carbocycles. The van der Waals surface area contributed by atoms with Crippen LogP contribution in [0, 0.1) is 0 Å². The molecule has 0 aromatic carbocycles. The lowest BCUT2D eigenvalue weighted by Gasteiger charge is -2.32. The van der Waals surface area contributed by atoms with Gasteiger partial charge in [-0.05, 0) is 13.5 Å². The molecule has 8 heteroatoms. The SMILES string of the molecule is CN1CCN(c2nc(N)c(C(=O)N3CCC(N)C3)s2)CC1. The lowest BCUT2D eigenvalue weighted by molar-refractivity contribution is 0.0796. The summed E-state index contributed by atoms with van der Waals surface area (Å²) in [6, 6.07) is 0.0835. The Labute approximate surface area is 128 Å².